The molecule has 0 spiro atoms. The van der Waals surface area contributed by atoms with E-state index in [1.54, 1.807) is 6.92 Å². The van der Waals surface area contributed by atoms with Crippen molar-refractivity contribution in [3.8, 4) is 0 Å². The van der Waals surface area contributed by atoms with Crippen molar-refractivity contribution in [1.29, 1.82) is 0 Å². The summed E-state index contributed by atoms with van der Waals surface area (Å²) in [5.74, 6) is 0. The van der Waals surface area contributed by atoms with Crippen molar-refractivity contribution in [3.63, 3.8) is 0 Å². The van der Waals surface area contributed by atoms with Gasteiger partial charge in [0.05, 0.1) is 22.0 Å². The molecule has 2 unspecified atom stereocenters. The van der Waals surface area contributed by atoms with Gasteiger partial charge in [0, 0.05) is 12.7 Å². The molecule has 20 heavy (non-hydrogen) atoms. The van der Waals surface area contributed by atoms with E-state index in [2.05, 4.69) is 4.72 Å². The molecular formula is C11H15N3O5S. The minimum absolute atomic E-state index is 0.0773. The molecule has 0 bridgehead atoms. The Balaban J connectivity index is 2.30. The molecule has 0 amide bonds. The van der Waals surface area contributed by atoms with E-state index in [4.69, 9.17) is 10.5 Å². The predicted octanol–water partition coefficient (Wildman–Crippen LogP) is 0.633. The second-order valence-corrected chi connectivity index (χ2v) is 6.28. The number of sulfonamides is 1. The summed E-state index contributed by atoms with van der Waals surface area (Å²) in [6.07, 6.45) is 0.339. The number of nitrogens with zero attached hydrogens (tertiary/aromatic N) is 1. The fourth-order valence-electron chi connectivity index (χ4n) is 2.00. The Kier molecular flexibility index (Phi) is 3.93. The number of rotatable bonds is 4. The first-order valence-electron chi connectivity index (χ1n) is 5.99. The number of nitro groups is 1. The van der Waals surface area contributed by atoms with Gasteiger partial charge in [0.25, 0.3) is 5.69 Å². The van der Waals surface area contributed by atoms with E-state index in [1.807, 2.05) is 0 Å². The number of nitrogens with two attached hydrogens (primary N) is 1. The summed E-state index contributed by atoms with van der Waals surface area (Å²) in [5.41, 5.74) is 4.94. The zero-order chi connectivity index (χ0) is 14.9. The third kappa shape index (κ3) is 2.89. The summed E-state index contributed by atoms with van der Waals surface area (Å²) in [4.78, 5) is 9.89. The maximum absolute atomic E-state index is 12.2. The van der Waals surface area contributed by atoms with Crippen LogP contribution in [0.25, 0.3) is 0 Å². The van der Waals surface area contributed by atoms with E-state index >= 15 is 0 Å². The van der Waals surface area contributed by atoms with Crippen LogP contribution in [0.1, 0.15) is 13.3 Å². The van der Waals surface area contributed by atoms with E-state index in [1.165, 1.54) is 12.1 Å². The van der Waals surface area contributed by atoms with Crippen molar-refractivity contribution >= 4 is 21.4 Å². The molecule has 8 nitrogen and oxygen atoms in total. The van der Waals surface area contributed by atoms with Crippen molar-refractivity contribution in [1.82, 2.24) is 4.72 Å². The molecule has 1 heterocycles. The van der Waals surface area contributed by atoms with E-state index in [0.717, 1.165) is 6.07 Å². The van der Waals surface area contributed by atoms with E-state index in [-0.39, 0.29) is 22.7 Å². The van der Waals surface area contributed by atoms with Gasteiger partial charge in [-0.05, 0) is 25.5 Å². The normalized spacial score (nSPS) is 22.9. The van der Waals surface area contributed by atoms with Crippen LogP contribution < -0.4 is 10.5 Å². The molecule has 0 radical (unpaired) electrons. The maximum atomic E-state index is 12.2. The molecule has 1 saturated heterocycles. The van der Waals surface area contributed by atoms with Crippen LogP contribution in [-0.4, -0.2) is 32.1 Å². The van der Waals surface area contributed by atoms with Gasteiger partial charge in [-0.3, -0.25) is 10.1 Å². The Hall–Kier alpha value is -1.71. The number of benzene rings is 1. The standard InChI is InChI=1S/C11H15N3O5S/c1-7-10(4-5-19-7)13-20(17,18)8-2-3-9(12)11(6-8)14(15)16/h2-3,6-7,10,13H,4-5,12H2,1H3. The van der Waals surface area contributed by atoms with Crippen molar-refractivity contribution in [3.05, 3.63) is 28.3 Å². The highest BCUT2D eigenvalue weighted by molar-refractivity contribution is 7.89. The summed E-state index contributed by atoms with van der Waals surface area (Å²) < 4.78 is 32.1. The van der Waals surface area contributed by atoms with Gasteiger partial charge in [0.15, 0.2) is 0 Å². The molecule has 1 fully saturated rings. The van der Waals surface area contributed by atoms with Gasteiger partial charge in [0.1, 0.15) is 5.69 Å². The van der Waals surface area contributed by atoms with Crippen LogP contribution in [0.15, 0.2) is 23.1 Å². The molecular weight excluding hydrogens is 286 g/mol. The number of ether oxygens (including phenoxy) is 1. The van der Waals surface area contributed by atoms with Gasteiger partial charge in [-0.1, -0.05) is 0 Å². The van der Waals surface area contributed by atoms with Crippen molar-refractivity contribution < 1.29 is 18.1 Å². The molecule has 2 atom stereocenters. The van der Waals surface area contributed by atoms with E-state index < -0.39 is 20.6 Å². The molecule has 3 N–H and O–H groups in total. The molecule has 1 aliphatic rings. The van der Waals surface area contributed by atoms with Gasteiger partial charge in [-0.15, -0.1) is 0 Å². The van der Waals surface area contributed by atoms with Crippen LogP contribution in [0, 0.1) is 10.1 Å². The summed E-state index contributed by atoms with van der Waals surface area (Å²) in [6, 6.07) is 3.07. The van der Waals surface area contributed by atoms with Crippen LogP contribution >= 0.6 is 0 Å². The molecule has 2 rings (SSSR count). The van der Waals surface area contributed by atoms with E-state index in [0.29, 0.717) is 13.0 Å². The zero-order valence-electron chi connectivity index (χ0n) is 10.8. The molecule has 0 aromatic heterocycles. The van der Waals surface area contributed by atoms with Crippen LogP contribution in [0.2, 0.25) is 0 Å². The van der Waals surface area contributed by atoms with Crippen LogP contribution in [-0.2, 0) is 14.8 Å². The highest BCUT2D eigenvalue weighted by atomic mass is 32.2. The highest BCUT2D eigenvalue weighted by Gasteiger charge is 2.30. The first kappa shape index (κ1) is 14.7. The SMILES string of the molecule is CC1OCCC1NS(=O)(=O)c1ccc(N)c([N+](=O)[O-])c1. The fraction of sp³-hybridized carbons (Fsp3) is 0.455. The zero-order valence-corrected chi connectivity index (χ0v) is 11.6. The summed E-state index contributed by atoms with van der Waals surface area (Å²) in [6.45, 7) is 2.25. The van der Waals surface area contributed by atoms with Crippen molar-refractivity contribution in [2.75, 3.05) is 12.3 Å². The summed E-state index contributed by atoms with van der Waals surface area (Å²) in [5, 5.41) is 10.8. The Labute approximate surface area is 116 Å². The summed E-state index contributed by atoms with van der Waals surface area (Å²) >= 11 is 0. The van der Waals surface area contributed by atoms with E-state index in [9.17, 15) is 18.5 Å². The number of nitrogen functional groups attached to an aromatic ring is 1. The Morgan fingerprint density at radius 1 is 1.50 bits per heavy atom. The maximum Gasteiger partial charge on any atom is 0.293 e. The molecule has 110 valence electrons. The third-order valence-electron chi connectivity index (χ3n) is 3.19. The molecule has 1 aromatic carbocycles. The number of nitro benzene ring substituents is 1. The monoisotopic (exact) mass is 301 g/mol. The lowest BCUT2D eigenvalue weighted by atomic mass is 10.2. The average molecular weight is 301 g/mol. The topological polar surface area (TPSA) is 125 Å². The van der Waals surface area contributed by atoms with Gasteiger partial charge >= 0.3 is 0 Å². The quantitative estimate of drug-likeness (QED) is 0.477. The summed E-state index contributed by atoms with van der Waals surface area (Å²) in [7, 11) is -3.84. The highest BCUT2D eigenvalue weighted by Crippen LogP contribution is 2.25. The average Bonchev–Trinajstić information content (AvgIpc) is 2.74. The predicted molar refractivity (Wildman–Crippen MR) is 71.6 cm³/mol. The lowest BCUT2D eigenvalue weighted by molar-refractivity contribution is -0.384. The van der Waals surface area contributed by atoms with Gasteiger partial charge in [0.2, 0.25) is 10.0 Å². The second kappa shape index (κ2) is 5.35. The largest absolute Gasteiger partial charge is 0.393 e. The van der Waals surface area contributed by atoms with Gasteiger partial charge in [-0.25, -0.2) is 13.1 Å². The Morgan fingerprint density at radius 3 is 2.75 bits per heavy atom. The first-order chi connectivity index (χ1) is 9.31. The molecule has 1 aromatic rings. The fourth-order valence-corrected chi connectivity index (χ4v) is 3.36. The number of nitrogens with one attached hydrogen (secondary N) is 1. The van der Waals surface area contributed by atoms with Crippen molar-refractivity contribution in [2.45, 2.75) is 30.4 Å². The lowest BCUT2D eigenvalue weighted by Crippen LogP contribution is -2.39. The lowest BCUT2D eigenvalue weighted by Gasteiger charge is -2.16. The van der Waals surface area contributed by atoms with Gasteiger partial charge in [-0.2, -0.15) is 0 Å². The van der Waals surface area contributed by atoms with Crippen LogP contribution in [0.5, 0.6) is 0 Å². The third-order valence-corrected chi connectivity index (χ3v) is 4.68. The Bertz CT molecular complexity index is 631. The number of hydrogen-bond acceptors (Lipinski definition) is 6. The molecule has 0 saturated carbocycles. The minimum atomic E-state index is -3.84. The van der Waals surface area contributed by atoms with Gasteiger partial charge < -0.3 is 10.5 Å². The second-order valence-electron chi connectivity index (χ2n) is 4.57. The Morgan fingerprint density at radius 2 is 2.20 bits per heavy atom. The van der Waals surface area contributed by atoms with Crippen LogP contribution in [0.3, 0.4) is 0 Å². The molecule has 0 aliphatic carbocycles. The minimum Gasteiger partial charge on any atom is -0.393 e. The van der Waals surface area contributed by atoms with Crippen molar-refractivity contribution in [2.24, 2.45) is 0 Å². The smallest absolute Gasteiger partial charge is 0.293 e. The number of hydrogen-bond donors (Lipinski definition) is 2. The molecule has 9 heteroatoms. The first-order valence-corrected chi connectivity index (χ1v) is 7.47. The van der Waals surface area contributed by atoms with Crippen LogP contribution in [0.4, 0.5) is 11.4 Å². The molecule has 1 aliphatic heterocycles. The number of anilines is 1.